The Bertz CT molecular complexity index is 678. The first-order valence-corrected chi connectivity index (χ1v) is 8.78. The number of pyridine rings is 1. The predicted molar refractivity (Wildman–Crippen MR) is 103 cm³/mol. The molecule has 0 saturated carbocycles. The Kier molecular flexibility index (Phi) is 7.26. The summed E-state index contributed by atoms with van der Waals surface area (Å²) in [5, 5.41) is 6.89. The van der Waals surface area contributed by atoms with E-state index in [1.807, 2.05) is 13.8 Å². The van der Waals surface area contributed by atoms with Gasteiger partial charge in [-0.25, -0.2) is 0 Å². The number of rotatable bonds is 2. The molecule has 1 fully saturated rings. The Morgan fingerprint density at radius 3 is 2.12 bits per heavy atom. The van der Waals surface area contributed by atoms with Gasteiger partial charge in [0.1, 0.15) is 0 Å². The molecule has 0 spiro atoms. The summed E-state index contributed by atoms with van der Waals surface area (Å²) in [6.45, 7) is 14.2. The molecule has 0 amide bonds. The second kappa shape index (κ2) is 8.54. The van der Waals surface area contributed by atoms with Crippen molar-refractivity contribution in [2.45, 2.75) is 66.1 Å². The molecule has 6 heteroatoms. The van der Waals surface area contributed by atoms with Gasteiger partial charge in [0.15, 0.2) is 0 Å². The lowest BCUT2D eigenvalue weighted by atomic mass is 9.80. The van der Waals surface area contributed by atoms with Crippen molar-refractivity contribution < 1.29 is 19.2 Å². The number of fused-ring (bicyclic) bond motifs is 1. The summed E-state index contributed by atoms with van der Waals surface area (Å²) in [5.74, 6) is 0. The number of hydrogen-bond donors (Lipinski definition) is 1. The van der Waals surface area contributed by atoms with Crippen LogP contribution in [0.25, 0.3) is 5.52 Å². The zero-order chi connectivity index (χ0) is 19.3. The van der Waals surface area contributed by atoms with E-state index in [2.05, 4.69) is 69.6 Å². The molecule has 1 aliphatic heterocycles. The fourth-order valence-electron chi connectivity index (χ4n) is 2.50. The van der Waals surface area contributed by atoms with E-state index in [0.29, 0.717) is 0 Å². The SMILES string of the molecule is CC.CCc1cc2ccc(B3OC(C)(C)C(C)(C)O3)cn2c1.O=CO. The first-order chi connectivity index (χ1) is 11.7. The first kappa shape index (κ1) is 21.3. The Hall–Kier alpha value is -1.79. The molecule has 3 rings (SSSR count). The van der Waals surface area contributed by atoms with Gasteiger partial charge < -0.3 is 18.8 Å². The van der Waals surface area contributed by atoms with Crippen LogP contribution in [0.4, 0.5) is 0 Å². The maximum Gasteiger partial charge on any atom is 0.496 e. The van der Waals surface area contributed by atoms with Crippen LogP contribution in [0.3, 0.4) is 0 Å². The van der Waals surface area contributed by atoms with Crippen molar-refractivity contribution in [2.24, 2.45) is 0 Å². The summed E-state index contributed by atoms with van der Waals surface area (Å²) in [6, 6.07) is 6.43. The van der Waals surface area contributed by atoms with Crippen LogP contribution in [0.2, 0.25) is 0 Å². The van der Waals surface area contributed by atoms with Gasteiger partial charge in [-0.1, -0.05) is 26.8 Å². The number of carboxylic acid groups (broad SMARTS) is 1. The molecule has 0 radical (unpaired) electrons. The first-order valence-electron chi connectivity index (χ1n) is 8.78. The highest BCUT2D eigenvalue weighted by Gasteiger charge is 2.51. The molecule has 2 aromatic heterocycles. The third-order valence-corrected chi connectivity index (χ3v) is 4.60. The number of aromatic nitrogens is 1. The van der Waals surface area contributed by atoms with Gasteiger partial charge >= 0.3 is 7.12 Å². The quantitative estimate of drug-likeness (QED) is 0.667. The molecule has 1 saturated heterocycles. The van der Waals surface area contributed by atoms with Crippen LogP contribution in [0, 0.1) is 0 Å². The number of hydrogen-bond acceptors (Lipinski definition) is 3. The molecule has 0 atom stereocenters. The highest BCUT2D eigenvalue weighted by molar-refractivity contribution is 6.62. The summed E-state index contributed by atoms with van der Waals surface area (Å²) in [5.41, 5.74) is 3.03. The Labute approximate surface area is 151 Å². The van der Waals surface area contributed by atoms with E-state index in [-0.39, 0.29) is 24.8 Å². The molecule has 0 aromatic carbocycles. The van der Waals surface area contributed by atoms with Crippen molar-refractivity contribution in [1.29, 1.82) is 0 Å². The second-order valence-corrected chi connectivity index (χ2v) is 6.69. The molecule has 1 N–H and O–H groups in total. The van der Waals surface area contributed by atoms with Crippen molar-refractivity contribution in [1.82, 2.24) is 4.40 Å². The monoisotopic (exact) mass is 347 g/mol. The maximum absolute atomic E-state index is 8.36. The Balaban J connectivity index is 0.000000567. The van der Waals surface area contributed by atoms with E-state index in [9.17, 15) is 0 Å². The van der Waals surface area contributed by atoms with Gasteiger partial charge in [-0.3, -0.25) is 4.79 Å². The fraction of sp³-hybridized carbons (Fsp3) is 0.526. The predicted octanol–water partition coefficient (Wildman–Crippen LogP) is 3.53. The maximum atomic E-state index is 8.36. The van der Waals surface area contributed by atoms with E-state index < -0.39 is 0 Å². The third-order valence-electron chi connectivity index (χ3n) is 4.60. The zero-order valence-electron chi connectivity index (χ0n) is 16.4. The van der Waals surface area contributed by atoms with Crippen LogP contribution in [-0.4, -0.2) is 34.3 Å². The zero-order valence-corrected chi connectivity index (χ0v) is 16.4. The van der Waals surface area contributed by atoms with E-state index in [4.69, 9.17) is 19.2 Å². The van der Waals surface area contributed by atoms with E-state index >= 15 is 0 Å². The summed E-state index contributed by atoms with van der Waals surface area (Å²) in [6.07, 6.45) is 5.33. The molecule has 25 heavy (non-hydrogen) atoms. The van der Waals surface area contributed by atoms with Gasteiger partial charge in [0.2, 0.25) is 0 Å². The third kappa shape index (κ3) is 4.64. The van der Waals surface area contributed by atoms with Crippen LogP contribution >= 0.6 is 0 Å². The molecule has 0 unspecified atom stereocenters. The van der Waals surface area contributed by atoms with Gasteiger partial charge in [-0.2, -0.15) is 0 Å². The van der Waals surface area contributed by atoms with Crippen LogP contribution in [-0.2, 0) is 20.5 Å². The average molecular weight is 347 g/mol. The number of aryl methyl sites for hydroxylation is 1. The van der Waals surface area contributed by atoms with E-state index in [1.54, 1.807) is 0 Å². The van der Waals surface area contributed by atoms with Crippen molar-refractivity contribution in [3.8, 4) is 0 Å². The highest BCUT2D eigenvalue weighted by Crippen LogP contribution is 2.36. The van der Waals surface area contributed by atoms with Gasteiger partial charge in [0.05, 0.1) is 11.2 Å². The van der Waals surface area contributed by atoms with Crippen molar-refractivity contribution in [3.05, 3.63) is 36.2 Å². The largest absolute Gasteiger partial charge is 0.496 e. The minimum atomic E-state index is -0.295. The average Bonchev–Trinajstić information content (AvgIpc) is 3.07. The van der Waals surface area contributed by atoms with Crippen LogP contribution in [0.1, 0.15) is 54.0 Å². The van der Waals surface area contributed by atoms with Gasteiger partial charge in [0.25, 0.3) is 6.47 Å². The lowest BCUT2D eigenvalue weighted by Gasteiger charge is -2.32. The highest BCUT2D eigenvalue weighted by atomic mass is 16.7. The molecule has 138 valence electrons. The Morgan fingerprint density at radius 2 is 1.64 bits per heavy atom. The molecular weight excluding hydrogens is 317 g/mol. The smallest absolute Gasteiger partial charge is 0.483 e. The summed E-state index contributed by atoms with van der Waals surface area (Å²) in [7, 11) is -0.295. The summed E-state index contributed by atoms with van der Waals surface area (Å²) in [4.78, 5) is 8.36. The summed E-state index contributed by atoms with van der Waals surface area (Å²) >= 11 is 0. The van der Waals surface area contributed by atoms with Gasteiger partial charge in [-0.15, -0.1) is 0 Å². The molecule has 0 bridgehead atoms. The topological polar surface area (TPSA) is 60.2 Å². The van der Waals surface area contributed by atoms with E-state index in [1.165, 1.54) is 11.1 Å². The van der Waals surface area contributed by atoms with Crippen molar-refractivity contribution >= 4 is 24.6 Å². The molecule has 1 aliphatic rings. The standard InChI is InChI=1S/C16H22BNO2.C2H6.CH2O2/c1-6-12-9-14-8-7-13(11-18(14)10-12)17-19-15(2,3)16(4,5)20-17;1-2;2-1-3/h7-11H,6H2,1-5H3;1-2H3;1H,(H,2,3). The minimum absolute atomic E-state index is 0.250. The lowest BCUT2D eigenvalue weighted by molar-refractivity contribution is -0.122. The van der Waals surface area contributed by atoms with Gasteiger partial charge in [0, 0.05) is 17.9 Å². The number of carbonyl (C=O) groups is 1. The van der Waals surface area contributed by atoms with Crippen LogP contribution in [0.15, 0.2) is 30.6 Å². The minimum Gasteiger partial charge on any atom is -0.483 e. The second-order valence-electron chi connectivity index (χ2n) is 6.69. The van der Waals surface area contributed by atoms with E-state index in [0.717, 1.165) is 11.9 Å². The van der Waals surface area contributed by atoms with Crippen LogP contribution < -0.4 is 5.46 Å². The molecule has 2 aromatic rings. The number of nitrogens with zero attached hydrogens (tertiary/aromatic N) is 1. The molecule has 3 heterocycles. The normalized spacial score (nSPS) is 17.3. The molecular formula is C19H30BNO4. The summed E-state index contributed by atoms with van der Waals surface area (Å²) < 4.78 is 14.3. The fourth-order valence-corrected chi connectivity index (χ4v) is 2.50. The lowest BCUT2D eigenvalue weighted by Crippen LogP contribution is -2.41. The van der Waals surface area contributed by atoms with Crippen molar-refractivity contribution in [3.63, 3.8) is 0 Å². The molecule has 0 aliphatic carbocycles. The molecule has 5 nitrogen and oxygen atoms in total. The Morgan fingerprint density at radius 1 is 1.12 bits per heavy atom. The van der Waals surface area contributed by atoms with Crippen LogP contribution in [0.5, 0.6) is 0 Å². The van der Waals surface area contributed by atoms with Gasteiger partial charge in [-0.05, 0) is 57.3 Å². The van der Waals surface area contributed by atoms with Crippen molar-refractivity contribution in [2.75, 3.05) is 0 Å².